The van der Waals surface area contributed by atoms with Gasteiger partial charge in [-0.3, -0.25) is 0 Å². The molecule has 1 aromatic heterocycles. The molecule has 0 aliphatic heterocycles. The normalized spacial score (nSPS) is 11.4. The van der Waals surface area contributed by atoms with Crippen molar-refractivity contribution in [3.8, 4) is 0 Å². The molecular weight excluding hydrogens is 209 g/mol. The third-order valence-electron chi connectivity index (χ3n) is 2.41. The first kappa shape index (κ1) is 10.4. The second kappa shape index (κ2) is 3.81. The van der Waals surface area contributed by atoms with E-state index in [0.717, 1.165) is 11.8 Å². The molecule has 2 aromatic rings. The van der Waals surface area contributed by atoms with Crippen molar-refractivity contribution in [3.05, 3.63) is 41.3 Å². The number of carbonyl (C=O) groups is 1. The number of benzene rings is 1. The Morgan fingerprint density at radius 1 is 1.50 bits per heavy atom. The SMILES string of the molecule is Cc1[nH]c2c(F)cccc2c1/C=C/C(=O)O. The summed E-state index contributed by atoms with van der Waals surface area (Å²) in [7, 11) is 0. The van der Waals surface area contributed by atoms with Crippen molar-refractivity contribution >= 4 is 22.9 Å². The number of aromatic amines is 1. The molecule has 0 amide bonds. The molecule has 0 spiro atoms. The lowest BCUT2D eigenvalue weighted by atomic mass is 10.1. The Kier molecular flexibility index (Phi) is 2.48. The molecule has 0 aliphatic rings. The average Bonchev–Trinajstić information content (AvgIpc) is 2.53. The van der Waals surface area contributed by atoms with Crippen LogP contribution in [0.4, 0.5) is 4.39 Å². The van der Waals surface area contributed by atoms with Crippen LogP contribution in [0.15, 0.2) is 24.3 Å². The lowest BCUT2D eigenvalue weighted by Gasteiger charge is -1.93. The van der Waals surface area contributed by atoms with Gasteiger partial charge < -0.3 is 10.1 Å². The highest BCUT2D eigenvalue weighted by Gasteiger charge is 2.08. The fourth-order valence-corrected chi connectivity index (χ4v) is 1.70. The van der Waals surface area contributed by atoms with E-state index in [1.807, 2.05) is 0 Å². The molecule has 4 heteroatoms. The minimum absolute atomic E-state index is 0.337. The van der Waals surface area contributed by atoms with Crippen LogP contribution in [0, 0.1) is 12.7 Å². The summed E-state index contributed by atoms with van der Waals surface area (Å²) in [6.45, 7) is 1.78. The minimum Gasteiger partial charge on any atom is -0.478 e. The van der Waals surface area contributed by atoms with E-state index in [2.05, 4.69) is 4.98 Å². The highest BCUT2D eigenvalue weighted by atomic mass is 19.1. The molecular formula is C12H10FNO2. The summed E-state index contributed by atoms with van der Waals surface area (Å²) in [4.78, 5) is 13.3. The number of nitrogens with one attached hydrogen (secondary N) is 1. The van der Waals surface area contributed by atoms with E-state index >= 15 is 0 Å². The zero-order chi connectivity index (χ0) is 11.7. The number of hydrogen-bond acceptors (Lipinski definition) is 1. The van der Waals surface area contributed by atoms with E-state index in [9.17, 15) is 9.18 Å². The number of aryl methyl sites for hydroxylation is 1. The first-order valence-electron chi connectivity index (χ1n) is 4.77. The van der Waals surface area contributed by atoms with Crippen molar-refractivity contribution in [2.45, 2.75) is 6.92 Å². The van der Waals surface area contributed by atoms with Gasteiger partial charge >= 0.3 is 5.97 Å². The van der Waals surface area contributed by atoms with Gasteiger partial charge in [0.2, 0.25) is 0 Å². The second-order valence-corrected chi connectivity index (χ2v) is 3.50. The molecule has 2 rings (SSSR count). The molecule has 0 saturated carbocycles. The number of carboxylic acids is 1. The number of rotatable bonds is 2. The van der Waals surface area contributed by atoms with Gasteiger partial charge in [0.1, 0.15) is 5.82 Å². The number of para-hydroxylation sites is 1. The molecule has 0 radical (unpaired) electrons. The summed E-state index contributed by atoms with van der Waals surface area (Å²) in [5.74, 6) is -1.36. The van der Waals surface area contributed by atoms with Gasteiger partial charge in [-0.25, -0.2) is 9.18 Å². The van der Waals surface area contributed by atoms with Gasteiger partial charge in [-0.15, -0.1) is 0 Å². The Balaban J connectivity index is 2.65. The van der Waals surface area contributed by atoms with Gasteiger partial charge in [-0.2, -0.15) is 0 Å². The number of hydrogen-bond donors (Lipinski definition) is 2. The first-order valence-corrected chi connectivity index (χ1v) is 4.77. The highest BCUT2D eigenvalue weighted by Crippen LogP contribution is 2.25. The fraction of sp³-hybridized carbons (Fsp3) is 0.0833. The number of H-pyrrole nitrogens is 1. The third kappa shape index (κ3) is 1.69. The number of aromatic nitrogens is 1. The molecule has 2 N–H and O–H groups in total. The predicted octanol–water partition coefficient (Wildman–Crippen LogP) is 2.71. The monoisotopic (exact) mass is 219 g/mol. The molecule has 0 saturated heterocycles. The Hall–Kier alpha value is -2.10. The summed E-state index contributed by atoms with van der Waals surface area (Å²) in [6, 6.07) is 4.72. The number of halogens is 1. The molecule has 82 valence electrons. The summed E-state index contributed by atoms with van der Waals surface area (Å²) in [5, 5.41) is 9.25. The van der Waals surface area contributed by atoms with Crippen LogP contribution in [-0.2, 0) is 4.79 Å². The van der Waals surface area contributed by atoms with Gasteiger partial charge in [0.15, 0.2) is 0 Å². The zero-order valence-corrected chi connectivity index (χ0v) is 8.62. The molecule has 0 atom stereocenters. The molecule has 1 aromatic carbocycles. The van der Waals surface area contributed by atoms with Crippen molar-refractivity contribution < 1.29 is 14.3 Å². The van der Waals surface area contributed by atoms with Crippen LogP contribution in [0.2, 0.25) is 0 Å². The maximum absolute atomic E-state index is 13.4. The number of carboxylic acid groups (broad SMARTS) is 1. The van der Waals surface area contributed by atoms with Crippen LogP contribution >= 0.6 is 0 Å². The van der Waals surface area contributed by atoms with Crippen LogP contribution in [0.5, 0.6) is 0 Å². The molecule has 0 unspecified atom stereocenters. The zero-order valence-electron chi connectivity index (χ0n) is 8.62. The minimum atomic E-state index is -1.02. The van der Waals surface area contributed by atoms with E-state index in [1.54, 1.807) is 19.1 Å². The van der Waals surface area contributed by atoms with E-state index in [0.29, 0.717) is 16.5 Å². The highest BCUT2D eigenvalue weighted by molar-refractivity contribution is 5.94. The largest absolute Gasteiger partial charge is 0.478 e. The van der Waals surface area contributed by atoms with Crippen molar-refractivity contribution in [2.24, 2.45) is 0 Å². The van der Waals surface area contributed by atoms with Crippen molar-refractivity contribution in [1.82, 2.24) is 4.98 Å². The van der Waals surface area contributed by atoms with Gasteiger partial charge in [0.05, 0.1) is 5.52 Å². The standard InChI is InChI=1S/C12H10FNO2/c1-7-8(5-6-11(15)16)9-3-2-4-10(13)12(9)14-7/h2-6,14H,1H3,(H,15,16)/b6-5+. The van der Waals surface area contributed by atoms with Crippen LogP contribution < -0.4 is 0 Å². The lowest BCUT2D eigenvalue weighted by molar-refractivity contribution is -0.131. The molecule has 3 nitrogen and oxygen atoms in total. The van der Waals surface area contributed by atoms with E-state index in [4.69, 9.17) is 5.11 Å². The second-order valence-electron chi connectivity index (χ2n) is 3.50. The van der Waals surface area contributed by atoms with E-state index in [1.165, 1.54) is 12.1 Å². The van der Waals surface area contributed by atoms with Crippen molar-refractivity contribution in [2.75, 3.05) is 0 Å². The van der Waals surface area contributed by atoms with E-state index < -0.39 is 5.97 Å². The van der Waals surface area contributed by atoms with Gasteiger partial charge in [0, 0.05) is 22.7 Å². The summed E-state index contributed by atoms with van der Waals surface area (Å²) in [6.07, 6.45) is 2.51. The lowest BCUT2D eigenvalue weighted by Crippen LogP contribution is -1.86. The maximum Gasteiger partial charge on any atom is 0.328 e. The van der Waals surface area contributed by atoms with Crippen LogP contribution in [-0.4, -0.2) is 16.1 Å². The quantitative estimate of drug-likeness (QED) is 0.763. The Morgan fingerprint density at radius 2 is 2.25 bits per heavy atom. The number of fused-ring (bicyclic) bond motifs is 1. The number of aliphatic carboxylic acids is 1. The van der Waals surface area contributed by atoms with Gasteiger partial charge in [-0.05, 0) is 19.1 Å². The van der Waals surface area contributed by atoms with Gasteiger partial charge in [-0.1, -0.05) is 12.1 Å². The third-order valence-corrected chi connectivity index (χ3v) is 2.41. The Labute approximate surface area is 91.2 Å². The fourth-order valence-electron chi connectivity index (χ4n) is 1.70. The topological polar surface area (TPSA) is 53.1 Å². The molecule has 0 fully saturated rings. The van der Waals surface area contributed by atoms with Crippen molar-refractivity contribution in [1.29, 1.82) is 0 Å². The Morgan fingerprint density at radius 3 is 2.94 bits per heavy atom. The van der Waals surface area contributed by atoms with Crippen LogP contribution in [0.1, 0.15) is 11.3 Å². The molecule has 0 bridgehead atoms. The Bertz CT molecular complexity index is 584. The summed E-state index contributed by atoms with van der Waals surface area (Å²) < 4.78 is 13.4. The first-order chi connectivity index (χ1) is 7.59. The smallest absolute Gasteiger partial charge is 0.328 e. The summed E-state index contributed by atoms with van der Waals surface area (Å²) >= 11 is 0. The summed E-state index contributed by atoms with van der Waals surface area (Å²) in [5.41, 5.74) is 1.86. The molecule has 0 aliphatic carbocycles. The van der Waals surface area contributed by atoms with Crippen LogP contribution in [0.25, 0.3) is 17.0 Å². The van der Waals surface area contributed by atoms with Crippen molar-refractivity contribution in [3.63, 3.8) is 0 Å². The van der Waals surface area contributed by atoms with E-state index in [-0.39, 0.29) is 5.82 Å². The van der Waals surface area contributed by atoms with Crippen LogP contribution in [0.3, 0.4) is 0 Å². The molecule has 16 heavy (non-hydrogen) atoms. The van der Waals surface area contributed by atoms with Gasteiger partial charge in [0.25, 0.3) is 0 Å². The molecule has 1 heterocycles. The predicted molar refractivity (Wildman–Crippen MR) is 59.7 cm³/mol. The average molecular weight is 219 g/mol. The maximum atomic E-state index is 13.4.